The zero-order valence-electron chi connectivity index (χ0n) is 17.0. The van der Waals surface area contributed by atoms with E-state index < -0.39 is 24.4 Å². The third kappa shape index (κ3) is 4.74. The molecule has 0 bridgehead atoms. The van der Waals surface area contributed by atoms with Crippen molar-refractivity contribution in [2.24, 2.45) is 0 Å². The van der Waals surface area contributed by atoms with Gasteiger partial charge in [0.1, 0.15) is 0 Å². The summed E-state index contributed by atoms with van der Waals surface area (Å²) < 4.78 is 5.03. The van der Waals surface area contributed by atoms with Gasteiger partial charge in [-0.05, 0) is 43.5 Å². The highest BCUT2D eigenvalue weighted by Gasteiger charge is 2.35. The number of carbonyl (C=O) groups excluding carboxylic acids is 4. The molecule has 0 unspecified atom stereocenters. The molecule has 0 saturated carbocycles. The maximum Gasteiger partial charge on any atom is 0.338 e. The Labute approximate surface area is 175 Å². The van der Waals surface area contributed by atoms with Crippen molar-refractivity contribution in [1.82, 2.24) is 10.2 Å². The number of hydrogen-bond acceptors (Lipinski definition) is 5. The van der Waals surface area contributed by atoms with Crippen LogP contribution in [0.5, 0.6) is 0 Å². The first-order valence-corrected chi connectivity index (χ1v) is 9.91. The number of fused-ring (bicyclic) bond motifs is 1. The second-order valence-electron chi connectivity index (χ2n) is 7.21. The van der Waals surface area contributed by atoms with Crippen molar-refractivity contribution in [3.8, 4) is 0 Å². The first kappa shape index (κ1) is 21.2. The molecular formula is C23H24N2O5. The van der Waals surface area contributed by atoms with Gasteiger partial charge in [0.2, 0.25) is 0 Å². The van der Waals surface area contributed by atoms with Gasteiger partial charge in [0.15, 0.2) is 6.61 Å². The van der Waals surface area contributed by atoms with Crippen LogP contribution < -0.4 is 5.32 Å². The summed E-state index contributed by atoms with van der Waals surface area (Å²) in [7, 11) is 0. The Balaban J connectivity index is 1.64. The van der Waals surface area contributed by atoms with Crippen LogP contribution >= 0.6 is 0 Å². The van der Waals surface area contributed by atoms with Gasteiger partial charge in [-0.3, -0.25) is 19.3 Å². The minimum Gasteiger partial charge on any atom is -0.452 e. The Bertz CT molecular complexity index is 971. The predicted molar refractivity (Wildman–Crippen MR) is 110 cm³/mol. The maximum absolute atomic E-state index is 12.7. The quantitative estimate of drug-likeness (QED) is 0.535. The number of imide groups is 1. The zero-order valence-corrected chi connectivity index (χ0v) is 17.0. The van der Waals surface area contributed by atoms with Crippen LogP contribution in [0.4, 0.5) is 0 Å². The summed E-state index contributed by atoms with van der Waals surface area (Å²) >= 11 is 0. The third-order valence-electron chi connectivity index (χ3n) is 5.03. The van der Waals surface area contributed by atoms with Gasteiger partial charge in [-0.25, -0.2) is 4.79 Å². The van der Waals surface area contributed by atoms with Crippen LogP contribution in [-0.4, -0.2) is 47.8 Å². The van der Waals surface area contributed by atoms with Crippen molar-refractivity contribution in [3.05, 3.63) is 70.8 Å². The van der Waals surface area contributed by atoms with E-state index in [9.17, 15) is 19.2 Å². The van der Waals surface area contributed by atoms with E-state index in [1.165, 1.54) is 23.1 Å². The average molecular weight is 408 g/mol. The molecule has 1 N–H and O–H groups in total. The first-order chi connectivity index (χ1) is 14.4. The molecule has 0 fully saturated rings. The largest absolute Gasteiger partial charge is 0.452 e. The van der Waals surface area contributed by atoms with Gasteiger partial charge in [0.25, 0.3) is 17.7 Å². The lowest BCUT2D eigenvalue weighted by atomic mass is 10.1. The van der Waals surface area contributed by atoms with Crippen molar-refractivity contribution in [2.75, 3.05) is 13.2 Å². The van der Waals surface area contributed by atoms with Crippen molar-refractivity contribution in [3.63, 3.8) is 0 Å². The highest BCUT2D eigenvalue weighted by atomic mass is 16.5. The van der Waals surface area contributed by atoms with Crippen LogP contribution in [0.1, 0.15) is 56.9 Å². The second-order valence-corrected chi connectivity index (χ2v) is 7.21. The topological polar surface area (TPSA) is 92.8 Å². The molecule has 1 aliphatic heterocycles. The highest BCUT2D eigenvalue weighted by molar-refractivity contribution is 6.22. The van der Waals surface area contributed by atoms with Crippen molar-refractivity contribution < 1.29 is 23.9 Å². The third-order valence-corrected chi connectivity index (χ3v) is 5.03. The molecule has 7 heteroatoms. The fraction of sp³-hybridized carbons (Fsp3) is 0.304. The van der Waals surface area contributed by atoms with Crippen LogP contribution in [0.3, 0.4) is 0 Å². The van der Waals surface area contributed by atoms with Crippen molar-refractivity contribution in [1.29, 1.82) is 0 Å². The molecule has 0 aromatic heterocycles. The molecule has 0 radical (unpaired) electrons. The SMILES string of the molecule is CC[C@H](C)NC(=O)COC(=O)c1ccc2c(c1)C(=O)N(CCc1ccccc1)C2=O. The molecule has 0 saturated heterocycles. The number of nitrogens with one attached hydrogen (secondary N) is 1. The zero-order chi connectivity index (χ0) is 21.7. The Morgan fingerprint density at radius 2 is 1.73 bits per heavy atom. The molecule has 156 valence electrons. The van der Waals surface area contributed by atoms with E-state index in [2.05, 4.69) is 5.32 Å². The van der Waals surface area contributed by atoms with E-state index in [0.717, 1.165) is 12.0 Å². The van der Waals surface area contributed by atoms with Crippen LogP contribution in [0, 0.1) is 0 Å². The fourth-order valence-corrected chi connectivity index (χ4v) is 3.14. The fourth-order valence-electron chi connectivity index (χ4n) is 3.14. The van der Waals surface area contributed by atoms with Crippen LogP contribution in [0.2, 0.25) is 0 Å². The summed E-state index contributed by atoms with van der Waals surface area (Å²) in [5, 5.41) is 2.70. The van der Waals surface area contributed by atoms with E-state index >= 15 is 0 Å². The Morgan fingerprint density at radius 1 is 1.03 bits per heavy atom. The number of ether oxygens (including phenoxy) is 1. The molecule has 2 aromatic rings. The minimum absolute atomic E-state index is 0.0123. The number of amides is 3. The average Bonchev–Trinajstić information content (AvgIpc) is 3.00. The number of rotatable bonds is 8. The van der Waals surface area contributed by atoms with E-state index in [1.807, 2.05) is 44.2 Å². The number of carbonyl (C=O) groups is 4. The number of hydrogen-bond donors (Lipinski definition) is 1. The normalized spacial score (nSPS) is 13.7. The monoisotopic (exact) mass is 408 g/mol. The number of esters is 1. The summed E-state index contributed by atoms with van der Waals surface area (Å²) in [5.41, 5.74) is 1.58. The summed E-state index contributed by atoms with van der Waals surface area (Å²) in [6.07, 6.45) is 1.31. The lowest BCUT2D eigenvalue weighted by molar-refractivity contribution is -0.124. The lowest BCUT2D eigenvalue weighted by Crippen LogP contribution is -2.35. The predicted octanol–water partition coefficient (Wildman–Crippen LogP) is 2.60. The van der Waals surface area contributed by atoms with Gasteiger partial charge in [0, 0.05) is 12.6 Å². The molecule has 2 aromatic carbocycles. The molecule has 30 heavy (non-hydrogen) atoms. The van der Waals surface area contributed by atoms with E-state index in [0.29, 0.717) is 6.42 Å². The van der Waals surface area contributed by atoms with Crippen LogP contribution in [0.25, 0.3) is 0 Å². The summed E-state index contributed by atoms with van der Waals surface area (Å²) in [5.74, 6) is -1.92. The van der Waals surface area contributed by atoms with E-state index in [1.54, 1.807) is 0 Å². The Kier molecular flexibility index (Phi) is 6.61. The van der Waals surface area contributed by atoms with Gasteiger partial charge < -0.3 is 10.1 Å². The van der Waals surface area contributed by atoms with Gasteiger partial charge in [-0.1, -0.05) is 37.3 Å². The Morgan fingerprint density at radius 3 is 2.43 bits per heavy atom. The minimum atomic E-state index is -0.722. The molecule has 0 spiro atoms. The van der Waals surface area contributed by atoms with Gasteiger partial charge >= 0.3 is 5.97 Å². The molecule has 1 atom stereocenters. The van der Waals surface area contributed by atoms with Crippen LogP contribution in [-0.2, 0) is 16.0 Å². The van der Waals surface area contributed by atoms with Gasteiger partial charge in [-0.2, -0.15) is 0 Å². The standard InChI is InChI=1S/C23H24N2O5/c1-3-15(2)24-20(26)14-30-23(29)17-9-10-18-19(13-17)22(28)25(21(18)27)12-11-16-7-5-4-6-8-16/h4-10,13,15H,3,11-12,14H2,1-2H3,(H,24,26)/t15-/m0/s1. The van der Waals surface area contributed by atoms with Gasteiger partial charge in [-0.15, -0.1) is 0 Å². The molecular weight excluding hydrogens is 384 g/mol. The number of nitrogens with zero attached hydrogens (tertiary/aromatic N) is 1. The number of benzene rings is 2. The van der Waals surface area contributed by atoms with E-state index in [4.69, 9.17) is 4.74 Å². The molecule has 3 amide bonds. The molecule has 1 heterocycles. The van der Waals surface area contributed by atoms with E-state index in [-0.39, 0.29) is 35.2 Å². The molecule has 3 rings (SSSR count). The van der Waals surface area contributed by atoms with Crippen molar-refractivity contribution >= 4 is 23.7 Å². The molecule has 7 nitrogen and oxygen atoms in total. The molecule has 0 aliphatic carbocycles. The highest BCUT2D eigenvalue weighted by Crippen LogP contribution is 2.24. The second kappa shape index (κ2) is 9.35. The maximum atomic E-state index is 12.7. The molecule has 1 aliphatic rings. The van der Waals surface area contributed by atoms with Crippen molar-refractivity contribution in [2.45, 2.75) is 32.7 Å². The summed E-state index contributed by atoms with van der Waals surface area (Å²) in [6, 6.07) is 13.8. The lowest BCUT2D eigenvalue weighted by Gasteiger charge is -2.13. The summed E-state index contributed by atoms with van der Waals surface area (Å²) in [6.45, 7) is 3.64. The first-order valence-electron chi connectivity index (χ1n) is 9.91. The smallest absolute Gasteiger partial charge is 0.338 e. The summed E-state index contributed by atoms with van der Waals surface area (Å²) in [4.78, 5) is 50.5. The van der Waals surface area contributed by atoms with Crippen LogP contribution in [0.15, 0.2) is 48.5 Å². The Hall–Kier alpha value is -3.48. The van der Waals surface area contributed by atoms with Gasteiger partial charge in [0.05, 0.1) is 16.7 Å².